The Morgan fingerprint density at radius 2 is 0.824 bits per heavy atom. The first-order valence-corrected chi connectivity index (χ1v) is 23.3. The number of para-hydroxylation sites is 2. The first kappa shape index (κ1) is 39.4. The molecule has 0 spiro atoms. The minimum Gasteiger partial charge on any atom is -0.456 e. The van der Waals surface area contributed by atoms with Crippen LogP contribution in [0.3, 0.4) is 0 Å². The Labute approximate surface area is 397 Å². The number of ether oxygens (including phenoxy) is 1. The van der Waals surface area contributed by atoms with Crippen LogP contribution in [0.25, 0.3) is 44.2 Å². The van der Waals surface area contributed by atoms with Crippen LogP contribution in [0.5, 0.6) is 11.5 Å². The van der Waals surface area contributed by atoms with Gasteiger partial charge in [-0.25, -0.2) is 0 Å². The molecule has 0 fully saturated rings. The van der Waals surface area contributed by atoms with E-state index in [2.05, 4.69) is 277 Å². The Hall–Kier alpha value is -8.92. The molecule has 0 amide bonds. The van der Waals surface area contributed by atoms with Crippen LogP contribution in [0, 0.1) is 0 Å². The SMILES string of the molecule is c1ccc(-c2ccc(N(c3ccc4c(c3)-c3ccccc3C4(c3ccccc3)c3ccccc3)c3ccc4c5c(cccc35)-c3c(cccc3N(c3ccccc3)c3ccccc3)O4)cc2)cc1. The van der Waals surface area contributed by atoms with Crippen molar-refractivity contribution in [3.8, 4) is 44.9 Å². The first-order valence-electron chi connectivity index (χ1n) is 23.3. The molecule has 11 aromatic carbocycles. The minimum absolute atomic E-state index is 0.495. The van der Waals surface area contributed by atoms with Gasteiger partial charge >= 0.3 is 0 Å². The molecule has 1 aliphatic heterocycles. The molecule has 3 heteroatoms. The summed E-state index contributed by atoms with van der Waals surface area (Å²) < 4.78 is 6.98. The normalized spacial score (nSPS) is 12.6. The van der Waals surface area contributed by atoms with Gasteiger partial charge in [0.25, 0.3) is 0 Å². The van der Waals surface area contributed by atoms with Crippen molar-refractivity contribution in [1.82, 2.24) is 0 Å². The van der Waals surface area contributed by atoms with Crippen molar-refractivity contribution in [1.29, 1.82) is 0 Å². The van der Waals surface area contributed by atoms with Gasteiger partial charge in [0.05, 0.1) is 16.8 Å². The lowest BCUT2D eigenvalue weighted by atomic mass is 9.68. The van der Waals surface area contributed by atoms with Crippen LogP contribution in [0.4, 0.5) is 34.1 Å². The smallest absolute Gasteiger partial charge is 0.137 e. The van der Waals surface area contributed by atoms with Crippen molar-refractivity contribution in [3.05, 3.63) is 289 Å². The summed E-state index contributed by atoms with van der Waals surface area (Å²) in [5.74, 6) is 1.67. The number of fused-ring (bicyclic) bond motifs is 5. The molecule has 3 nitrogen and oxygen atoms in total. The van der Waals surface area contributed by atoms with E-state index in [1.807, 2.05) is 0 Å². The van der Waals surface area contributed by atoms with E-state index in [0.29, 0.717) is 0 Å². The lowest BCUT2D eigenvalue weighted by molar-refractivity contribution is 0.487. The standard InChI is InChI=1S/C65H44N2O/c1-6-20-45(21-7-1)46-36-38-51(39-37-46)67(52-40-41-58-56(44-52)53-30-16-17-33-57(53)65(58,47-22-8-2-9-23-47)48-24-10-3-11-25-48)59-42-43-62-63-54(59)31-18-32-55(63)64-60(34-19-35-61(64)68-62)66(49-26-12-4-13-27-49)50-28-14-5-15-29-50/h1-44H. The molecule has 2 aliphatic rings. The second-order valence-electron chi connectivity index (χ2n) is 17.6. The van der Waals surface area contributed by atoms with Gasteiger partial charge in [0.1, 0.15) is 11.5 Å². The highest BCUT2D eigenvalue weighted by Crippen LogP contribution is 2.59. The van der Waals surface area contributed by atoms with Crippen LogP contribution >= 0.6 is 0 Å². The summed E-state index contributed by atoms with van der Waals surface area (Å²) in [5.41, 5.74) is 18.0. The Bertz CT molecular complexity index is 3550. The van der Waals surface area contributed by atoms with Crippen molar-refractivity contribution in [2.24, 2.45) is 0 Å². The third-order valence-electron chi connectivity index (χ3n) is 13.9. The monoisotopic (exact) mass is 868 g/mol. The Morgan fingerprint density at radius 1 is 0.309 bits per heavy atom. The van der Waals surface area contributed by atoms with Crippen molar-refractivity contribution < 1.29 is 4.74 Å². The molecule has 0 aromatic heterocycles. The second-order valence-corrected chi connectivity index (χ2v) is 17.6. The molecule has 0 radical (unpaired) electrons. The van der Waals surface area contributed by atoms with E-state index < -0.39 is 5.41 Å². The minimum atomic E-state index is -0.495. The maximum Gasteiger partial charge on any atom is 0.137 e. The molecule has 0 N–H and O–H groups in total. The fourth-order valence-corrected chi connectivity index (χ4v) is 11.0. The van der Waals surface area contributed by atoms with Crippen LogP contribution < -0.4 is 14.5 Å². The largest absolute Gasteiger partial charge is 0.456 e. The summed E-state index contributed by atoms with van der Waals surface area (Å²) in [4.78, 5) is 4.77. The summed E-state index contributed by atoms with van der Waals surface area (Å²) in [7, 11) is 0. The maximum absolute atomic E-state index is 6.98. The lowest BCUT2D eigenvalue weighted by Crippen LogP contribution is -2.28. The van der Waals surface area contributed by atoms with E-state index in [4.69, 9.17) is 4.74 Å². The average molecular weight is 869 g/mol. The van der Waals surface area contributed by atoms with Crippen molar-refractivity contribution in [2.75, 3.05) is 9.80 Å². The van der Waals surface area contributed by atoms with Gasteiger partial charge in [-0.1, -0.05) is 194 Å². The van der Waals surface area contributed by atoms with Crippen molar-refractivity contribution in [2.45, 2.75) is 5.41 Å². The Balaban J connectivity index is 1.04. The van der Waals surface area contributed by atoms with Gasteiger partial charge < -0.3 is 14.5 Å². The summed E-state index contributed by atoms with van der Waals surface area (Å²) in [5, 5.41) is 2.18. The molecule has 13 rings (SSSR count). The van der Waals surface area contributed by atoms with Crippen LogP contribution in [-0.2, 0) is 5.41 Å². The molecule has 11 aromatic rings. The van der Waals surface area contributed by atoms with Crippen LogP contribution in [0.15, 0.2) is 267 Å². The highest BCUT2D eigenvalue weighted by molar-refractivity contribution is 6.13. The van der Waals surface area contributed by atoms with Gasteiger partial charge in [0.15, 0.2) is 0 Å². The van der Waals surface area contributed by atoms with E-state index in [1.54, 1.807) is 0 Å². The summed E-state index contributed by atoms with van der Waals surface area (Å²) in [6.45, 7) is 0. The molecule has 1 aliphatic carbocycles. The van der Waals surface area contributed by atoms with Crippen LogP contribution in [0.2, 0.25) is 0 Å². The van der Waals surface area contributed by atoms with Crippen molar-refractivity contribution in [3.63, 3.8) is 0 Å². The average Bonchev–Trinajstić information content (AvgIpc) is 3.71. The number of anilines is 6. The molecule has 0 saturated carbocycles. The van der Waals surface area contributed by atoms with Gasteiger partial charge in [-0.3, -0.25) is 0 Å². The number of hydrogen-bond donors (Lipinski definition) is 0. The van der Waals surface area contributed by atoms with Gasteiger partial charge in [-0.05, 0) is 123 Å². The quantitative estimate of drug-likeness (QED) is 0.144. The molecule has 0 unspecified atom stereocenters. The zero-order valence-electron chi connectivity index (χ0n) is 37.2. The molecular formula is C65H44N2O. The van der Waals surface area contributed by atoms with E-state index in [0.717, 1.165) is 67.5 Å². The molecule has 0 bridgehead atoms. The number of hydrogen-bond acceptors (Lipinski definition) is 3. The van der Waals surface area contributed by atoms with Crippen LogP contribution in [0.1, 0.15) is 22.3 Å². The Morgan fingerprint density at radius 3 is 1.50 bits per heavy atom. The number of benzene rings is 11. The zero-order valence-corrected chi connectivity index (χ0v) is 37.2. The fraction of sp³-hybridized carbons (Fsp3) is 0.0154. The van der Waals surface area contributed by atoms with E-state index in [-0.39, 0.29) is 0 Å². The van der Waals surface area contributed by atoms with Crippen molar-refractivity contribution >= 4 is 44.9 Å². The summed E-state index contributed by atoms with van der Waals surface area (Å²) in [6, 6.07) is 96.5. The highest BCUT2D eigenvalue weighted by atomic mass is 16.5. The molecule has 0 atom stereocenters. The molecule has 0 saturated heterocycles. The van der Waals surface area contributed by atoms with Gasteiger partial charge in [0, 0.05) is 39.1 Å². The zero-order chi connectivity index (χ0) is 45.0. The van der Waals surface area contributed by atoms with Gasteiger partial charge in [0.2, 0.25) is 0 Å². The topological polar surface area (TPSA) is 15.7 Å². The van der Waals surface area contributed by atoms with Gasteiger partial charge in [-0.2, -0.15) is 0 Å². The molecule has 320 valence electrons. The lowest BCUT2D eigenvalue weighted by Gasteiger charge is -2.34. The Kier molecular flexibility index (Phi) is 9.40. The van der Waals surface area contributed by atoms with Crippen LogP contribution in [-0.4, -0.2) is 0 Å². The molecule has 68 heavy (non-hydrogen) atoms. The maximum atomic E-state index is 6.98. The highest BCUT2D eigenvalue weighted by Gasteiger charge is 2.46. The van der Waals surface area contributed by atoms with E-state index >= 15 is 0 Å². The summed E-state index contributed by atoms with van der Waals surface area (Å²) >= 11 is 0. The predicted molar refractivity (Wildman–Crippen MR) is 282 cm³/mol. The third kappa shape index (κ3) is 6.21. The second kappa shape index (κ2) is 16.2. The molecule has 1 heterocycles. The molecular weight excluding hydrogens is 825 g/mol. The van der Waals surface area contributed by atoms with E-state index in [9.17, 15) is 0 Å². The predicted octanol–water partition coefficient (Wildman–Crippen LogP) is 17.6. The van der Waals surface area contributed by atoms with E-state index in [1.165, 1.54) is 44.5 Å². The fourth-order valence-electron chi connectivity index (χ4n) is 11.0. The third-order valence-corrected chi connectivity index (χ3v) is 13.9. The summed E-state index contributed by atoms with van der Waals surface area (Å²) in [6.07, 6.45) is 0. The van der Waals surface area contributed by atoms with Gasteiger partial charge in [-0.15, -0.1) is 0 Å². The first-order chi connectivity index (χ1) is 33.8. The number of rotatable bonds is 9. The number of nitrogens with zero attached hydrogens (tertiary/aromatic N) is 2.